The minimum atomic E-state index is -6.00. The molecule has 0 spiro atoms. The van der Waals surface area contributed by atoms with Gasteiger partial charge in [-0.05, 0) is 23.3 Å². The van der Waals surface area contributed by atoms with Crippen molar-refractivity contribution in [1.82, 2.24) is 0 Å². The van der Waals surface area contributed by atoms with Gasteiger partial charge in [0, 0.05) is 11.6 Å². The third-order valence-electron chi connectivity index (χ3n) is 3.46. The Morgan fingerprint density at radius 1 is 0.885 bits per heavy atom. The Morgan fingerprint density at radius 3 is 2.04 bits per heavy atom. The van der Waals surface area contributed by atoms with Crippen LogP contribution in [0.1, 0.15) is 16.8 Å². The van der Waals surface area contributed by atoms with E-state index in [4.69, 9.17) is 4.52 Å². The summed E-state index contributed by atoms with van der Waals surface area (Å²) in [6, 6.07) is 20.7. The highest BCUT2D eigenvalue weighted by Gasteiger charge is 2.20. The number of rotatable bonds is 3. The van der Waals surface area contributed by atoms with Gasteiger partial charge in [0.2, 0.25) is 5.76 Å². The largest absolute Gasteiger partial charge is 0.673 e. The van der Waals surface area contributed by atoms with Gasteiger partial charge in [-0.1, -0.05) is 60.2 Å². The highest BCUT2D eigenvalue weighted by Crippen LogP contribution is 2.20. The van der Waals surface area contributed by atoms with Crippen LogP contribution in [0.5, 0.6) is 0 Å². The molecule has 0 aliphatic rings. The van der Waals surface area contributed by atoms with Gasteiger partial charge >= 0.3 is 7.25 Å². The molecule has 0 radical (unpaired) electrons. The lowest BCUT2D eigenvalue weighted by molar-refractivity contribution is -0.844. The van der Waals surface area contributed by atoms with Gasteiger partial charge in [0.05, 0.1) is 6.07 Å². The van der Waals surface area contributed by atoms with Crippen molar-refractivity contribution in [3.05, 3.63) is 77.5 Å². The average molecular weight is 363 g/mol. The summed E-state index contributed by atoms with van der Waals surface area (Å²) in [6.45, 7) is 2.08. The number of hydrogen-bond donors (Lipinski definition) is 0. The van der Waals surface area contributed by atoms with Gasteiger partial charge in [-0.15, -0.1) is 0 Å². The smallest absolute Gasteiger partial charge is 0.418 e. The summed E-state index contributed by atoms with van der Waals surface area (Å²) in [5.74, 6) is 0.880. The monoisotopic (exact) mass is 363 g/mol. The van der Waals surface area contributed by atoms with Gasteiger partial charge in [-0.2, -0.15) is 0 Å². The van der Waals surface area contributed by atoms with Gasteiger partial charge in [-0.3, -0.25) is 0 Å². The molecular formula is C19H18BF4NO. The van der Waals surface area contributed by atoms with E-state index in [1.54, 1.807) is 4.74 Å². The van der Waals surface area contributed by atoms with Crippen molar-refractivity contribution in [2.24, 2.45) is 7.05 Å². The Bertz CT molecular complexity index is 849. The highest BCUT2D eigenvalue weighted by atomic mass is 19.5. The molecule has 2 nitrogen and oxygen atoms in total. The van der Waals surface area contributed by atoms with Gasteiger partial charge < -0.3 is 17.3 Å². The van der Waals surface area contributed by atoms with Crippen LogP contribution >= 0.6 is 0 Å². The number of benzene rings is 2. The third kappa shape index (κ3) is 6.59. The van der Waals surface area contributed by atoms with Crippen LogP contribution in [0.4, 0.5) is 17.3 Å². The Balaban J connectivity index is 0.000000431. The van der Waals surface area contributed by atoms with Crippen molar-refractivity contribution in [3.63, 3.8) is 0 Å². The van der Waals surface area contributed by atoms with Crippen molar-refractivity contribution >= 4 is 19.4 Å². The first kappa shape index (κ1) is 19.5. The number of aryl methyl sites for hydroxylation is 2. The molecule has 0 bridgehead atoms. The molecule has 1 heterocycles. The second kappa shape index (κ2) is 8.51. The minimum absolute atomic E-state index is 0.880. The molecule has 0 atom stereocenters. The molecule has 2 aromatic carbocycles. The maximum Gasteiger partial charge on any atom is 0.673 e. The first-order valence-electron chi connectivity index (χ1n) is 7.90. The summed E-state index contributed by atoms with van der Waals surface area (Å²) < 4.78 is 46.6. The van der Waals surface area contributed by atoms with Crippen LogP contribution in [0.2, 0.25) is 0 Å². The summed E-state index contributed by atoms with van der Waals surface area (Å²) in [5, 5.41) is 0. The van der Waals surface area contributed by atoms with E-state index in [1.165, 1.54) is 11.1 Å². The van der Waals surface area contributed by atoms with Gasteiger partial charge in [-0.25, -0.2) is 4.52 Å². The van der Waals surface area contributed by atoms with Crippen molar-refractivity contribution in [1.29, 1.82) is 0 Å². The average Bonchev–Trinajstić information content (AvgIpc) is 2.94. The highest BCUT2D eigenvalue weighted by molar-refractivity contribution is 6.50. The molecule has 0 amide bonds. The maximum absolute atomic E-state index is 9.75. The molecule has 0 saturated carbocycles. The SMILES string of the molecule is Cc1ccc(-c2cc(C=Cc3ccccc3)[n+](C)o2)cc1.F[B-](F)(F)F. The van der Waals surface area contributed by atoms with Crippen molar-refractivity contribution in [3.8, 4) is 11.3 Å². The zero-order valence-corrected chi connectivity index (χ0v) is 14.4. The van der Waals surface area contributed by atoms with Gasteiger partial charge in [0.15, 0.2) is 7.05 Å². The first-order chi connectivity index (χ1) is 12.2. The number of hydrogen-bond acceptors (Lipinski definition) is 1. The van der Waals surface area contributed by atoms with E-state index >= 15 is 0 Å². The lowest BCUT2D eigenvalue weighted by atomic mass is 10.1. The molecule has 0 N–H and O–H groups in total. The molecule has 0 saturated heterocycles. The van der Waals surface area contributed by atoms with Crippen LogP contribution in [0, 0.1) is 6.92 Å². The standard InChI is InChI=1S/C19H18NO.BF4/c1-15-8-11-17(12-9-15)19-14-18(20(2)21-19)13-10-16-6-4-3-5-7-16;2-1(3,4)5/h3-14H,1-2H3;/q+1;-1. The van der Waals surface area contributed by atoms with E-state index in [2.05, 4.69) is 61.5 Å². The Hall–Kier alpha value is -2.83. The number of nitrogens with zero attached hydrogens (tertiary/aromatic N) is 1. The van der Waals surface area contributed by atoms with Crippen LogP contribution in [0.15, 0.2) is 65.2 Å². The lowest BCUT2D eigenvalue weighted by Gasteiger charge is -1.94. The first-order valence-corrected chi connectivity index (χ1v) is 7.90. The fourth-order valence-corrected chi connectivity index (χ4v) is 2.20. The number of halogens is 4. The second-order valence-electron chi connectivity index (χ2n) is 5.63. The molecule has 3 aromatic rings. The van der Waals surface area contributed by atoms with E-state index in [-0.39, 0.29) is 0 Å². The van der Waals surface area contributed by atoms with Gasteiger partial charge in [0.1, 0.15) is 0 Å². The van der Waals surface area contributed by atoms with Gasteiger partial charge in [0.25, 0.3) is 5.69 Å². The molecule has 0 aliphatic carbocycles. The maximum atomic E-state index is 9.75. The summed E-state index contributed by atoms with van der Waals surface area (Å²) in [6.07, 6.45) is 4.15. The second-order valence-corrected chi connectivity index (χ2v) is 5.63. The number of aromatic nitrogens is 1. The molecule has 0 unspecified atom stereocenters. The normalized spacial score (nSPS) is 11.3. The van der Waals surface area contributed by atoms with Crippen molar-refractivity contribution in [2.45, 2.75) is 6.92 Å². The van der Waals surface area contributed by atoms with E-state index < -0.39 is 7.25 Å². The van der Waals surface area contributed by atoms with E-state index in [9.17, 15) is 17.3 Å². The van der Waals surface area contributed by atoms with Crippen molar-refractivity contribution < 1.29 is 26.5 Å². The van der Waals surface area contributed by atoms with Crippen LogP contribution in [-0.2, 0) is 7.05 Å². The lowest BCUT2D eigenvalue weighted by Crippen LogP contribution is -2.27. The fourth-order valence-electron chi connectivity index (χ4n) is 2.20. The van der Waals surface area contributed by atoms with Crippen molar-refractivity contribution in [2.75, 3.05) is 0 Å². The third-order valence-corrected chi connectivity index (χ3v) is 3.46. The Kier molecular flexibility index (Phi) is 6.38. The van der Waals surface area contributed by atoms with E-state index in [1.807, 2.05) is 25.2 Å². The fraction of sp³-hybridized carbons (Fsp3) is 0.105. The van der Waals surface area contributed by atoms with Crippen LogP contribution in [-0.4, -0.2) is 7.25 Å². The summed E-state index contributed by atoms with van der Waals surface area (Å²) in [4.78, 5) is 0. The summed E-state index contributed by atoms with van der Waals surface area (Å²) in [5.41, 5.74) is 4.56. The predicted octanol–water partition coefficient (Wildman–Crippen LogP) is 5.55. The van der Waals surface area contributed by atoms with Crippen LogP contribution in [0.3, 0.4) is 0 Å². The molecule has 26 heavy (non-hydrogen) atoms. The summed E-state index contributed by atoms with van der Waals surface area (Å²) >= 11 is 0. The molecule has 3 rings (SSSR count). The van der Waals surface area contributed by atoms with E-state index in [0.717, 1.165) is 17.0 Å². The topological polar surface area (TPSA) is 17.0 Å². The zero-order chi connectivity index (χ0) is 19.2. The molecule has 1 aromatic heterocycles. The molecule has 0 fully saturated rings. The predicted molar refractivity (Wildman–Crippen MR) is 95.6 cm³/mol. The summed E-state index contributed by atoms with van der Waals surface area (Å²) in [7, 11) is -4.08. The Morgan fingerprint density at radius 2 is 1.46 bits per heavy atom. The minimum Gasteiger partial charge on any atom is -0.418 e. The quantitative estimate of drug-likeness (QED) is 0.339. The molecule has 0 aliphatic heterocycles. The zero-order valence-electron chi connectivity index (χ0n) is 14.4. The van der Waals surface area contributed by atoms with Crippen LogP contribution in [0.25, 0.3) is 23.5 Å². The molecule has 136 valence electrons. The van der Waals surface area contributed by atoms with E-state index in [0.29, 0.717) is 0 Å². The Labute approximate surface area is 149 Å². The molecular weight excluding hydrogens is 345 g/mol. The van der Waals surface area contributed by atoms with Crippen LogP contribution < -0.4 is 4.74 Å². The molecule has 7 heteroatoms.